The van der Waals surface area contributed by atoms with E-state index in [1.807, 2.05) is 85.8 Å². The Morgan fingerprint density at radius 2 is 1.59 bits per heavy atom. The van der Waals surface area contributed by atoms with Crippen LogP contribution in [0.15, 0.2) is 78.9 Å². The molecule has 6 nitrogen and oxygen atoms in total. The van der Waals surface area contributed by atoms with Gasteiger partial charge in [-0.25, -0.2) is 0 Å². The van der Waals surface area contributed by atoms with Crippen LogP contribution in [0.5, 0.6) is 11.5 Å². The molecule has 0 aliphatic rings. The van der Waals surface area contributed by atoms with E-state index >= 15 is 0 Å². The summed E-state index contributed by atoms with van der Waals surface area (Å²) < 4.78 is 11.3. The number of nitrogens with one attached hydrogen (secondary N) is 1. The van der Waals surface area contributed by atoms with Crippen LogP contribution < -0.4 is 14.8 Å². The second kappa shape index (κ2) is 14.1. The highest BCUT2D eigenvalue weighted by molar-refractivity contribution is 5.88. The Morgan fingerprint density at radius 3 is 2.24 bits per heavy atom. The average Bonchev–Trinajstić information content (AvgIpc) is 2.93. The molecule has 1 atom stereocenters. The van der Waals surface area contributed by atoms with Crippen molar-refractivity contribution in [2.24, 2.45) is 0 Å². The molecule has 0 saturated carbocycles. The molecule has 2 amide bonds. The van der Waals surface area contributed by atoms with Gasteiger partial charge in [-0.05, 0) is 53.3 Å². The highest BCUT2D eigenvalue weighted by atomic mass is 16.5. The molecule has 0 fully saturated rings. The van der Waals surface area contributed by atoms with Gasteiger partial charge in [0.05, 0.1) is 7.11 Å². The maximum absolute atomic E-state index is 13.7. The second-order valence-electron chi connectivity index (χ2n) is 9.38. The first kappa shape index (κ1) is 27.8. The van der Waals surface area contributed by atoms with Crippen molar-refractivity contribution in [3.63, 3.8) is 0 Å². The number of hydrogen-bond acceptors (Lipinski definition) is 4. The maximum atomic E-state index is 13.7. The molecule has 0 spiro atoms. The van der Waals surface area contributed by atoms with Gasteiger partial charge in [0.15, 0.2) is 6.61 Å². The van der Waals surface area contributed by atoms with E-state index in [9.17, 15) is 9.59 Å². The van der Waals surface area contributed by atoms with Gasteiger partial charge < -0.3 is 19.7 Å². The van der Waals surface area contributed by atoms with Gasteiger partial charge in [-0.1, -0.05) is 75.4 Å². The molecule has 0 radical (unpaired) electrons. The lowest BCUT2D eigenvalue weighted by atomic mass is 10.0. The van der Waals surface area contributed by atoms with Crippen LogP contribution in [0.3, 0.4) is 0 Å². The van der Waals surface area contributed by atoms with E-state index in [1.165, 1.54) is 5.56 Å². The van der Waals surface area contributed by atoms with Crippen LogP contribution in [0.1, 0.15) is 49.8 Å². The molecule has 3 rings (SSSR count). The van der Waals surface area contributed by atoms with Crippen molar-refractivity contribution in [1.29, 1.82) is 0 Å². The fourth-order valence-electron chi connectivity index (χ4n) is 4.06. The number of methoxy groups -OCH3 is 1. The van der Waals surface area contributed by atoms with Gasteiger partial charge in [0.25, 0.3) is 5.91 Å². The number of carbonyl (C=O) groups excluding carboxylic acids is 2. The van der Waals surface area contributed by atoms with E-state index in [-0.39, 0.29) is 25.0 Å². The number of ether oxygens (including phenoxy) is 2. The summed E-state index contributed by atoms with van der Waals surface area (Å²) in [6, 6.07) is 24.4. The Balaban J connectivity index is 1.88. The zero-order chi connectivity index (χ0) is 26.6. The molecule has 1 unspecified atom stereocenters. The predicted octanol–water partition coefficient (Wildman–Crippen LogP) is 5.36. The third-order valence-electron chi connectivity index (χ3n) is 6.22. The van der Waals surface area contributed by atoms with Crippen molar-refractivity contribution in [3.05, 3.63) is 95.6 Å². The SMILES string of the molecule is CCCNC(=O)C(Cc1ccccc1)N(Cc1cccc(OC)c1)C(=O)COc1ccc(C(C)C)cc1. The Hall–Kier alpha value is -3.80. The van der Waals surface area contributed by atoms with Crippen LogP contribution in [-0.4, -0.2) is 43.0 Å². The second-order valence-corrected chi connectivity index (χ2v) is 9.38. The van der Waals surface area contributed by atoms with Gasteiger partial charge in [-0.15, -0.1) is 0 Å². The molecule has 196 valence electrons. The summed E-state index contributed by atoms with van der Waals surface area (Å²) in [7, 11) is 1.61. The number of benzene rings is 3. The smallest absolute Gasteiger partial charge is 0.261 e. The average molecular weight is 503 g/mol. The molecule has 6 heteroatoms. The molecule has 0 aliphatic heterocycles. The number of rotatable bonds is 13. The molecule has 0 aliphatic carbocycles. The topological polar surface area (TPSA) is 67.9 Å². The largest absolute Gasteiger partial charge is 0.497 e. The molecular formula is C31H38N2O4. The molecular weight excluding hydrogens is 464 g/mol. The third kappa shape index (κ3) is 8.38. The molecule has 0 saturated heterocycles. The minimum Gasteiger partial charge on any atom is -0.497 e. The summed E-state index contributed by atoms with van der Waals surface area (Å²) in [5.41, 5.74) is 3.05. The summed E-state index contributed by atoms with van der Waals surface area (Å²) in [4.78, 5) is 28.6. The highest BCUT2D eigenvalue weighted by Gasteiger charge is 2.30. The van der Waals surface area contributed by atoms with E-state index < -0.39 is 6.04 Å². The number of amides is 2. The predicted molar refractivity (Wildman–Crippen MR) is 147 cm³/mol. The number of nitrogens with zero attached hydrogens (tertiary/aromatic N) is 1. The molecule has 1 N–H and O–H groups in total. The first-order valence-corrected chi connectivity index (χ1v) is 12.9. The molecule has 0 aromatic heterocycles. The van der Waals surface area contributed by atoms with Crippen LogP contribution in [0.4, 0.5) is 0 Å². The lowest BCUT2D eigenvalue weighted by Crippen LogP contribution is -2.51. The number of hydrogen-bond donors (Lipinski definition) is 1. The summed E-state index contributed by atoms with van der Waals surface area (Å²) in [5.74, 6) is 1.29. The van der Waals surface area contributed by atoms with Crippen molar-refractivity contribution < 1.29 is 19.1 Å². The molecule has 37 heavy (non-hydrogen) atoms. The third-order valence-corrected chi connectivity index (χ3v) is 6.22. The maximum Gasteiger partial charge on any atom is 0.261 e. The normalized spacial score (nSPS) is 11.6. The Morgan fingerprint density at radius 1 is 0.892 bits per heavy atom. The fourth-order valence-corrected chi connectivity index (χ4v) is 4.06. The van der Waals surface area contributed by atoms with Crippen LogP contribution in [0.2, 0.25) is 0 Å². The Kier molecular flexibility index (Phi) is 10.6. The van der Waals surface area contributed by atoms with E-state index in [0.29, 0.717) is 30.4 Å². The zero-order valence-electron chi connectivity index (χ0n) is 22.3. The van der Waals surface area contributed by atoms with Gasteiger partial charge in [0.1, 0.15) is 17.5 Å². The molecule has 0 heterocycles. The van der Waals surface area contributed by atoms with Crippen molar-refractivity contribution in [1.82, 2.24) is 10.2 Å². The van der Waals surface area contributed by atoms with Crippen molar-refractivity contribution in [2.45, 2.75) is 52.1 Å². The fraction of sp³-hybridized carbons (Fsp3) is 0.355. The van der Waals surface area contributed by atoms with E-state index in [2.05, 4.69) is 19.2 Å². The monoisotopic (exact) mass is 502 g/mol. The minimum absolute atomic E-state index is 0.169. The van der Waals surface area contributed by atoms with E-state index in [4.69, 9.17) is 9.47 Å². The van der Waals surface area contributed by atoms with Gasteiger partial charge >= 0.3 is 0 Å². The lowest BCUT2D eigenvalue weighted by molar-refractivity contribution is -0.142. The van der Waals surface area contributed by atoms with E-state index in [0.717, 1.165) is 17.5 Å². The van der Waals surface area contributed by atoms with Crippen LogP contribution in [0, 0.1) is 0 Å². The van der Waals surface area contributed by atoms with Gasteiger partial charge in [-0.2, -0.15) is 0 Å². The first-order valence-electron chi connectivity index (χ1n) is 12.9. The van der Waals surface area contributed by atoms with Gasteiger partial charge in [0.2, 0.25) is 5.91 Å². The van der Waals surface area contributed by atoms with Crippen molar-refractivity contribution in [3.8, 4) is 11.5 Å². The van der Waals surface area contributed by atoms with Crippen molar-refractivity contribution in [2.75, 3.05) is 20.3 Å². The Labute approximate surface area is 220 Å². The molecule has 3 aromatic rings. The summed E-state index contributed by atoms with van der Waals surface area (Å²) in [6.07, 6.45) is 1.21. The quantitative estimate of drug-likeness (QED) is 0.342. The van der Waals surface area contributed by atoms with Crippen LogP contribution in [0.25, 0.3) is 0 Å². The zero-order valence-corrected chi connectivity index (χ0v) is 22.3. The van der Waals surface area contributed by atoms with Crippen molar-refractivity contribution >= 4 is 11.8 Å². The standard InChI is InChI=1S/C31H38N2O4/c1-5-18-32-31(35)29(20-24-10-7-6-8-11-24)33(21-25-12-9-13-28(19-25)36-4)30(34)22-37-27-16-14-26(15-17-27)23(2)3/h6-17,19,23,29H,5,18,20-22H2,1-4H3,(H,32,35). The van der Waals surface area contributed by atoms with E-state index in [1.54, 1.807) is 12.0 Å². The van der Waals surface area contributed by atoms with Crippen LogP contribution >= 0.6 is 0 Å². The van der Waals surface area contributed by atoms with Crippen LogP contribution in [-0.2, 0) is 22.6 Å². The summed E-state index contributed by atoms with van der Waals surface area (Å²) >= 11 is 0. The molecule has 3 aromatic carbocycles. The summed E-state index contributed by atoms with van der Waals surface area (Å²) in [5, 5.41) is 2.99. The van der Waals surface area contributed by atoms with Gasteiger partial charge in [0, 0.05) is 19.5 Å². The highest BCUT2D eigenvalue weighted by Crippen LogP contribution is 2.21. The van der Waals surface area contributed by atoms with Gasteiger partial charge in [-0.3, -0.25) is 9.59 Å². The Bertz CT molecular complexity index is 1130. The molecule has 0 bridgehead atoms. The first-order chi connectivity index (χ1) is 17.9. The minimum atomic E-state index is -0.695. The number of carbonyl (C=O) groups is 2. The lowest BCUT2D eigenvalue weighted by Gasteiger charge is -2.31. The summed E-state index contributed by atoms with van der Waals surface area (Å²) in [6.45, 7) is 6.90.